The highest BCUT2D eigenvalue weighted by Gasteiger charge is 2.26. The molecule has 5 nitrogen and oxygen atoms in total. The minimum atomic E-state index is -2.89. The molecule has 14 aromatic rings. The van der Waals surface area contributed by atoms with E-state index in [1.807, 2.05) is 81.4 Å². The number of aromatic nitrogens is 4. The highest BCUT2D eigenvalue weighted by Crippen LogP contribution is 2.43. The summed E-state index contributed by atoms with van der Waals surface area (Å²) in [6.45, 7) is 8.80. The van der Waals surface area contributed by atoms with Crippen molar-refractivity contribution in [3.8, 4) is 95.5 Å². The predicted molar refractivity (Wildman–Crippen MR) is 357 cm³/mol. The number of fused-ring (bicyclic) bond motifs is 4. The number of rotatable bonds is 11. The predicted octanol–water partition coefficient (Wildman–Crippen LogP) is 20.9. The monoisotopic (exact) mass is 1140 g/mol. The lowest BCUT2D eigenvalue weighted by Gasteiger charge is -2.26. The summed E-state index contributed by atoms with van der Waals surface area (Å²) in [5.74, 6) is 0.623. The molecule has 0 unspecified atom stereocenters. The summed E-state index contributed by atoms with van der Waals surface area (Å²) in [4.78, 5) is 4.73. The molecule has 14 rings (SSSR count). The van der Waals surface area contributed by atoms with Crippen molar-refractivity contribution in [1.82, 2.24) is 14.1 Å². The normalized spacial score (nSPS) is 16.3. The van der Waals surface area contributed by atoms with Gasteiger partial charge in [0.25, 0.3) is 6.33 Å². The van der Waals surface area contributed by atoms with Gasteiger partial charge in [0.2, 0.25) is 0 Å². The summed E-state index contributed by atoms with van der Waals surface area (Å²) in [5.41, 5.74) is -1.22. The molecule has 0 radical (unpaired) electrons. The van der Waals surface area contributed by atoms with Crippen LogP contribution in [0.2, 0.25) is 0 Å². The van der Waals surface area contributed by atoms with Gasteiger partial charge in [-0.05, 0) is 162 Å². The lowest BCUT2D eigenvalue weighted by molar-refractivity contribution is -0.571. The Morgan fingerprint density at radius 2 is 1.02 bits per heavy atom. The second kappa shape index (κ2) is 21.7. The first-order valence-electron chi connectivity index (χ1n) is 40.6. The zero-order valence-electron chi connectivity index (χ0n) is 73.4. The molecule has 0 saturated carbocycles. The van der Waals surface area contributed by atoms with Crippen LogP contribution in [0, 0.1) is 13.2 Å². The number of hydrogen-bond donors (Lipinski definition) is 0. The summed E-state index contributed by atoms with van der Waals surface area (Å²) in [7, 11) is 0. The van der Waals surface area contributed by atoms with E-state index < -0.39 is 179 Å². The van der Waals surface area contributed by atoms with E-state index in [-0.39, 0.29) is 67.3 Å². The molecule has 416 valence electrons. The van der Waals surface area contributed by atoms with Crippen molar-refractivity contribution in [2.45, 2.75) is 59.2 Å². The van der Waals surface area contributed by atoms with Crippen LogP contribution in [0.5, 0.6) is 11.5 Å². The van der Waals surface area contributed by atoms with Crippen molar-refractivity contribution in [3.05, 3.63) is 296 Å². The zero-order valence-corrected chi connectivity index (χ0v) is 47.4. The van der Waals surface area contributed by atoms with Gasteiger partial charge in [0.05, 0.1) is 65.0 Å². The van der Waals surface area contributed by atoms with Gasteiger partial charge in [0.1, 0.15) is 17.3 Å². The SMILES string of the molecule is [2H]c1c([2H])c([2H])c(-c2cnc(-n3c4ccccc4c4ccc(Oc5cccc(-n6[c-][n+](-c7c(-c8c([2H])c([2H])c([2H])c([2H])c8[2H])cc(C(C)(C)C)cc7-c7c([2H])c(-c8c([2H])c([2H])c([2H])c([2H])c8[2H])c([2H])c(-c8c([2H])c([2H])c([2H])c([2H])c8[2H])c7[2H])c7ccc(-c8ccc(C(C)(C)C)cc8)cc76)c5)cc43)cc2C([2H])([2H])[2H])c([2H])c1[2H]. The Bertz CT molecular complexity index is 6190. The van der Waals surface area contributed by atoms with E-state index in [0.29, 0.717) is 38.8 Å². The van der Waals surface area contributed by atoms with E-state index in [9.17, 15) is 12.3 Å². The van der Waals surface area contributed by atoms with E-state index in [1.54, 1.807) is 69.8 Å². The van der Waals surface area contributed by atoms with Crippen molar-refractivity contribution in [3.63, 3.8) is 0 Å². The summed E-state index contributed by atoms with van der Waals surface area (Å²) in [6.07, 6.45) is 4.71. The minimum absolute atomic E-state index is 0.108. The Morgan fingerprint density at radius 3 is 1.66 bits per heavy atom. The number of pyridine rings is 1. The fourth-order valence-corrected chi connectivity index (χ4v) is 10.7. The molecule has 0 aliphatic carbocycles. The lowest BCUT2D eigenvalue weighted by Crippen LogP contribution is -2.32. The van der Waals surface area contributed by atoms with Crippen LogP contribution in [0.3, 0.4) is 0 Å². The van der Waals surface area contributed by atoms with Crippen molar-refractivity contribution in [1.29, 1.82) is 0 Å². The van der Waals surface area contributed by atoms with Crippen LogP contribution in [0.4, 0.5) is 0 Å². The number of para-hydroxylation sites is 1. The highest BCUT2D eigenvalue weighted by atomic mass is 16.5. The molecule has 0 spiro atoms. The van der Waals surface area contributed by atoms with Gasteiger partial charge in [-0.1, -0.05) is 235 Å². The fraction of sp³-hybridized carbons (Fsp3) is 0.111. The van der Waals surface area contributed by atoms with E-state index in [0.717, 1.165) is 16.5 Å². The van der Waals surface area contributed by atoms with Crippen LogP contribution in [-0.4, -0.2) is 14.1 Å². The van der Waals surface area contributed by atoms with Crippen molar-refractivity contribution in [2.24, 2.45) is 0 Å². The first-order valence-corrected chi connectivity index (χ1v) is 27.6. The Balaban J connectivity index is 1.06. The summed E-state index contributed by atoms with van der Waals surface area (Å²) in [6, 6.07) is 19.4. The molecule has 0 saturated heterocycles. The first kappa shape index (κ1) is 32.1. The van der Waals surface area contributed by atoms with Crippen LogP contribution in [0.15, 0.2) is 273 Å². The molecule has 0 atom stereocenters. The van der Waals surface area contributed by atoms with Crippen LogP contribution < -0.4 is 9.30 Å². The molecule has 0 amide bonds. The number of benzene rings is 11. The van der Waals surface area contributed by atoms with E-state index in [1.165, 1.54) is 16.8 Å². The Hall–Kier alpha value is -10.4. The molecule has 3 heterocycles. The average Bonchev–Trinajstić information content (AvgIpc) is 1.05. The Kier molecular flexibility index (Phi) is 8.08. The van der Waals surface area contributed by atoms with Crippen LogP contribution in [0.1, 0.15) is 93.9 Å². The van der Waals surface area contributed by atoms with Crippen molar-refractivity contribution in [2.75, 3.05) is 0 Å². The van der Waals surface area contributed by atoms with E-state index in [2.05, 4.69) is 27.1 Å². The molecule has 3 aromatic heterocycles. The summed E-state index contributed by atoms with van der Waals surface area (Å²) < 4.78 is 248. The van der Waals surface area contributed by atoms with Crippen LogP contribution >= 0.6 is 0 Å². The quantitative estimate of drug-likeness (QED) is 0.0956. The zero-order chi connectivity index (χ0) is 81.2. The number of nitrogens with zero attached hydrogens (tertiary/aromatic N) is 4. The molecule has 86 heavy (non-hydrogen) atoms. The van der Waals surface area contributed by atoms with E-state index >= 15 is 0 Å². The topological polar surface area (TPSA) is 35.9 Å². The van der Waals surface area contributed by atoms with Gasteiger partial charge in [-0.15, -0.1) is 0 Å². The van der Waals surface area contributed by atoms with Gasteiger partial charge < -0.3 is 4.74 Å². The first-order chi connectivity index (χ1) is 52.6. The third kappa shape index (κ3) is 10.2. The van der Waals surface area contributed by atoms with Gasteiger partial charge >= 0.3 is 0 Å². The molecule has 0 fully saturated rings. The second-order valence-electron chi connectivity index (χ2n) is 22.7. The Labute approximate surface area is 540 Å². The fourth-order valence-electron chi connectivity index (χ4n) is 10.7. The van der Waals surface area contributed by atoms with Crippen molar-refractivity contribution < 1.29 is 44.9 Å². The number of ether oxygens (including phenoxy) is 1. The largest absolute Gasteiger partial charge is 0.458 e. The van der Waals surface area contributed by atoms with Crippen LogP contribution in [0.25, 0.3) is 117 Å². The van der Waals surface area contributed by atoms with Gasteiger partial charge in [-0.25, -0.2) is 4.98 Å². The molecule has 11 aromatic carbocycles. The van der Waals surface area contributed by atoms with Crippen molar-refractivity contribution >= 4 is 32.8 Å². The highest BCUT2D eigenvalue weighted by molar-refractivity contribution is 6.09. The smallest absolute Gasteiger partial charge is 0.269 e. The van der Waals surface area contributed by atoms with Gasteiger partial charge in [-0.3, -0.25) is 13.7 Å². The maximum Gasteiger partial charge on any atom is 0.269 e. The standard InChI is InChI=1S/C81H66N4O/c1-54-43-78(82-52-73(54)59-29-18-11-19-30-59)85-74-34-21-20-33-69(74)70-41-40-68(51-76(70)85)86-67-32-22-31-66(50-67)83-53-84(75-42-37-60(47-77(75)83)57-35-38-64(39-36-57)80(2,3)4)79-71(58-27-16-10-17-28-58)48-65(81(5,6)7)49-72(79)63-45-61(55-23-12-8-13-24-55)44-62(46-63)56-25-14-9-15-26-56/h8-52H,1-7H3/i1D3,8D,9D,10D,11D,12D,13D,14D,15D,16D,17D,18D,19D,23D,24D,25D,26D,27D,28D,29D,30D,44D,45D,46D. The minimum Gasteiger partial charge on any atom is -0.458 e. The third-order valence-electron chi connectivity index (χ3n) is 15.1. The molecule has 0 N–H and O–H groups in total. The molecule has 0 bridgehead atoms. The summed E-state index contributed by atoms with van der Waals surface area (Å²) in [5, 5.41) is 1.44. The van der Waals surface area contributed by atoms with Gasteiger partial charge in [0.15, 0.2) is 0 Å². The second-order valence-corrected chi connectivity index (χ2v) is 22.7. The summed E-state index contributed by atoms with van der Waals surface area (Å²) >= 11 is 0. The number of imidazole rings is 1. The third-order valence-corrected chi connectivity index (χ3v) is 15.1. The molecular formula is C81H66N4O. The van der Waals surface area contributed by atoms with E-state index in [4.69, 9.17) is 33.0 Å². The number of aryl methyl sites for hydroxylation is 1. The molecule has 0 aliphatic heterocycles. The average molecular weight is 1140 g/mol. The molecule has 5 heteroatoms. The van der Waals surface area contributed by atoms with Gasteiger partial charge in [0, 0.05) is 32.7 Å². The Morgan fingerprint density at radius 1 is 0.453 bits per heavy atom. The number of hydrogen-bond acceptors (Lipinski definition) is 2. The maximum absolute atomic E-state index is 10.5. The molecule has 0 aliphatic rings. The maximum atomic E-state index is 10.5. The van der Waals surface area contributed by atoms with Gasteiger partial charge in [-0.2, -0.15) is 0 Å². The lowest BCUT2D eigenvalue weighted by atomic mass is 9.81. The molecular weight excluding hydrogens is 1040 g/mol. The van der Waals surface area contributed by atoms with Crippen LogP contribution in [-0.2, 0) is 10.8 Å².